The lowest BCUT2D eigenvalue weighted by Crippen LogP contribution is -2.28. The highest BCUT2D eigenvalue weighted by molar-refractivity contribution is 5.85. The summed E-state index contributed by atoms with van der Waals surface area (Å²) in [4.78, 5) is 10.5. The van der Waals surface area contributed by atoms with Gasteiger partial charge in [0, 0.05) is 6.54 Å². The Labute approximate surface area is 101 Å². The number of carbonyl (C=O) groups is 1. The summed E-state index contributed by atoms with van der Waals surface area (Å²) in [6.07, 6.45) is 2.77. The molecule has 1 saturated heterocycles. The van der Waals surface area contributed by atoms with Crippen LogP contribution in [-0.4, -0.2) is 19.4 Å². The Kier molecular flexibility index (Phi) is 4.90. The lowest BCUT2D eigenvalue weighted by Gasteiger charge is -2.23. The minimum absolute atomic E-state index is 0. The van der Waals surface area contributed by atoms with Gasteiger partial charge in [0.15, 0.2) is 6.29 Å². The van der Waals surface area contributed by atoms with E-state index in [-0.39, 0.29) is 18.0 Å². The van der Waals surface area contributed by atoms with E-state index < -0.39 is 5.82 Å². The van der Waals surface area contributed by atoms with Crippen LogP contribution in [-0.2, 0) is 0 Å². The Morgan fingerprint density at radius 2 is 2.25 bits per heavy atom. The van der Waals surface area contributed by atoms with Crippen molar-refractivity contribution in [1.29, 1.82) is 0 Å². The second-order valence-corrected chi connectivity index (χ2v) is 3.94. The van der Waals surface area contributed by atoms with E-state index in [0.717, 1.165) is 31.5 Å². The molecular formula is C12H15ClFNO. The highest BCUT2D eigenvalue weighted by Gasteiger charge is 2.16. The van der Waals surface area contributed by atoms with Crippen molar-refractivity contribution < 1.29 is 9.18 Å². The highest BCUT2D eigenvalue weighted by atomic mass is 35.5. The Balaban J connectivity index is 0.00000128. The third kappa shape index (κ3) is 2.80. The molecule has 1 aromatic rings. The van der Waals surface area contributed by atoms with E-state index in [2.05, 4.69) is 5.32 Å². The molecule has 1 unspecified atom stereocenters. The fraction of sp³-hybridized carbons (Fsp3) is 0.417. The van der Waals surface area contributed by atoms with Crippen molar-refractivity contribution in [2.24, 2.45) is 0 Å². The van der Waals surface area contributed by atoms with Crippen LogP contribution in [0.5, 0.6) is 0 Å². The zero-order valence-electron chi connectivity index (χ0n) is 8.91. The monoisotopic (exact) mass is 243 g/mol. The van der Waals surface area contributed by atoms with Crippen molar-refractivity contribution in [3.63, 3.8) is 0 Å². The molecule has 1 fully saturated rings. The van der Waals surface area contributed by atoms with E-state index in [1.54, 1.807) is 6.07 Å². The number of nitrogens with one attached hydrogen (secondary N) is 1. The largest absolute Gasteiger partial charge is 0.316 e. The second-order valence-electron chi connectivity index (χ2n) is 3.94. The van der Waals surface area contributed by atoms with Gasteiger partial charge >= 0.3 is 0 Å². The molecule has 0 aromatic heterocycles. The maximum atomic E-state index is 13.4. The van der Waals surface area contributed by atoms with E-state index >= 15 is 0 Å². The molecule has 1 aliphatic rings. The van der Waals surface area contributed by atoms with Gasteiger partial charge in [-0.2, -0.15) is 0 Å². The Hall–Kier alpha value is -0.930. The van der Waals surface area contributed by atoms with Gasteiger partial charge in [0.1, 0.15) is 5.82 Å². The van der Waals surface area contributed by atoms with Gasteiger partial charge in [-0.05, 0) is 43.0 Å². The minimum Gasteiger partial charge on any atom is -0.316 e. The first-order valence-corrected chi connectivity index (χ1v) is 5.26. The fourth-order valence-electron chi connectivity index (χ4n) is 2.03. The Bertz CT molecular complexity index is 364. The first-order chi connectivity index (χ1) is 7.31. The number of hydrogen-bond acceptors (Lipinski definition) is 2. The summed E-state index contributed by atoms with van der Waals surface area (Å²) in [5, 5.41) is 3.29. The maximum absolute atomic E-state index is 13.4. The number of halogens is 2. The third-order valence-electron chi connectivity index (χ3n) is 2.92. The smallest absolute Gasteiger partial charge is 0.152 e. The lowest BCUT2D eigenvalue weighted by atomic mass is 9.91. The second kappa shape index (κ2) is 5.97. The molecule has 0 radical (unpaired) electrons. The molecule has 2 rings (SSSR count). The molecule has 0 amide bonds. The number of aldehydes is 1. The summed E-state index contributed by atoms with van der Waals surface area (Å²) in [6, 6.07) is 4.90. The molecule has 0 bridgehead atoms. The average Bonchev–Trinajstić information content (AvgIpc) is 2.30. The van der Waals surface area contributed by atoms with Crippen molar-refractivity contribution in [3.05, 3.63) is 35.1 Å². The van der Waals surface area contributed by atoms with Gasteiger partial charge in [-0.3, -0.25) is 4.79 Å². The van der Waals surface area contributed by atoms with E-state index in [1.807, 2.05) is 6.07 Å². The van der Waals surface area contributed by atoms with Crippen LogP contribution < -0.4 is 5.32 Å². The number of rotatable bonds is 2. The number of piperidine rings is 1. The van der Waals surface area contributed by atoms with Crippen molar-refractivity contribution in [2.45, 2.75) is 18.8 Å². The Morgan fingerprint density at radius 1 is 1.44 bits per heavy atom. The van der Waals surface area contributed by atoms with Crippen LogP contribution in [0.15, 0.2) is 18.2 Å². The zero-order valence-corrected chi connectivity index (χ0v) is 9.73. The molecule has 0 spiro atoms. The normalized spacial score (nSPS) is 19.9. The molecular weight excluding hydrogens is 229 g/mol. The summed E-state index contributed by atoms with van der Waals surface area (Å²) >= 11 is 0. The third-order valence-corrected chi connectivity index (χ3v) is 2.92. The first-order valence-electron chi connectivity index (χ1n) is 5.26. The van der Waals surface area contributed by atoms with Crippen LogP contribution >= 0.6 is 12.4 Å². The van der Waals surface area contributed by atoms with Crippen molar-refractivity contribution in [2.75, 3.05) is 13.1 Å². The molecule has 0 aliphatic carbocycles. The standard InChI is InChI=1S/C12H14FNO.ClH/c13-12-6-9(3-4-11(12)8-15)10-2-1-5-14-7-10;/h3-4,6,8,10,14H,1-2,5,7H2;1H. The predicted molar refractivity (Wildman–Crippen MR) is 63.9 cm³/mol. The molecule has 1 N–H and O–H groups in total. The van der Waals surface area contributed by atoms with Crippen LogP contribution in [0.3, 0.4) is 0 Å². The molecule has 1 aliphatic heterocycles. The van der Waals surface area contributed by atoms with Crippen LogP contribution in [0.4, 0.5) is 4.39 Å². The summed E-state index contributed by atoms with van der Waals surface area (Å²) in [5.74, 6) is -0.0259. The van der Waals surface area contributed by atoms with Gasteiger partial charge in [0.25, 0.3) is 0 Å². The minimum atomic E-state index is -0.409. The van der Waals surface area contributed by atoms with Gasteiger partial charge in [-0.15, -0.1) is 12.4 Å². The van der Waals surface area contributed by atoms with Crippen LogP contribution in [0, 0.1) is 5.82 Å². The first kappa shape index (κ1) is 13.1. The quantitative estimate of drug-likeness (QED) is 0.809. The van der Waals surface area contributed by atoms with E-state index in [1.165, 1.54) is 6.07 Å². The van der Waals surface area contributed by atoms with Crippen molar-refractivity contribution >= 4 is 18.7 Å². The summed E-state index contributed by atoms with van der Waals surface area (Å²) in [6.45, 7) is 1.95. The number of carbonyl (C=O) groups excluding carboxylic acids is 1. The SMILES string of the molecule is Cl.O=Cc1ccc(C2CCCNC2)cc1F. The van der Waals surface area contributed by atoms with Gasteiger partial charge in [0.05, 0.1) is 5.56 Å². The molecule has 4 heteroatoms. The highest BCUT2D eigenvalue weighted by Crippen LogP contribution is 2.24. The average molecular weight is 244 g/mol. The maximum Gasteiger partial charge on any atom is 0.152 e. The topological polar surface area (TPSA) is 29.1 Å². The van der Waals surface area contributed by atoms with Gasteiger partial charge in [-0.25, -0.2) is 4.39 Å². The van der Waals surface area contributed by atoms with Crippen molar-refractivity contribution in [1.82, 2.24) is 5.32 Å². The van der Waals surface area contributed by atoms with Crippen LogP contribution in [0.25, 0.3) is 0 Å². The van der Waals surface area contributed by atoms with Gasteiger partial charge in [-0.1, -0.05) is 6.07 Å². The van der Waals surface area contributed by atoms with Gasteiger partial charge in [0.2, 0.25) is 0 Å². The van der Waals surface area contributed by atoms with Crippen LogP contribution in [0.1, 0.15) is 34.7 Å². The summed E-state index contributed by atoms with van der Waals surface area (Å²) < 4.78 is 13.4. The lowest BCUT2D eigenvalue weighted by molar-refractivity contribution is 0.112. The fourth-order valence-corrected chi connectivity index (χ4v) is 2.03. The molecule has 0 saturated carbocycles. The van der Waals surface area contributed by atoms with E-state index in [0.29, 0.717) is 12.2 Å². The molecule has 88 valence electrons. The summed E-state index contributed by atoms with van der Waals surface area (Å²) in [5.41, 5.74) is 1.13. The van der Waals surface area contributed by atoms with Gasteiger partial charge < -0.3 is 5.32 Å². The summed E-state index contributed by atoms with van der Waals surface area (Å²) in [7, 11) is 0. The number of hydrogen-bond donors (Lipinski definition) is 1. The molecule has 2 nitrogen and oxygen atoms in total. The predicted octanol–water partition coefficient (Wildman–Crippen LogP) is 2.53. The van der Waals surface area contributed by atoms with Crippen molar-refractivity contribution in [3.8, 4) is 0 Å². The Morgan fingerprint density at radius 3 is 2.81 bits per heavy atom. The molecule has 1 aromatic carbocycles. The zero-order chi connectivity index (χ0) is 10.7. The van der Waals surface area contributed by atoms with E-state index in [4.69, 9.17) is 0 Å². The van der Waals surface area contributed by atoms with Crippen LogP contribution in [0.2, 0.25) is 0 Å². The molecule has 1 heterocycles. The molecule has 16 heavy (non-hydrogen) atoms. The van der Waals surface area contributed by atoms with E-state index in [9.17, 15) is 9.18 Å². The number of benzene rings is 1. The molecule has 1 atom stereocenters.